The van der Waals surface area contributed by atoms with Gasteiger partial charge in [-0.2, -0.15) is 0 Å². The molecule has 90 valence electrons. The van der Waals surface area contributed by atoms with Crippen molar-refractivity contribution in [3.05, 3.63) is 11.8 Å². The highest BCUT2D eigenvalue weighted by Crippen LogP contribution is 2.35. The van der Waals surface area contributed by atoms with Gasteiger partial charge in [-0.05, 0) is 51.0 Å². The number of fused-ring (bicyclic) bond motifs is 1. The average molecular weight is 222 g/mol. The van der Waals surface area contributed by atoms with Crippen LogP contribution in [-0.2, 0) is 4.79 Å². The Morgan fingerprint density at radius 2 is 2.25 bits per heavy atom. The molecule has 3 heteroatoms. The Morgan fingerprint density at radius 1 is 1.44 bits per heavy atom. The van der Waals surface area contributed by atoms with Gasteiger partial charge in [0, 0.05) is 18.7 Å². The molecule has 2 N–H and O–H groups in total. The minimum Gasteiger partial charge on any atom is -0.330 e. The van der Waals surface area contributed by atoms with Gasteiger partial charge in [-0.1, -0.05) is 6.08 Å². The minimum absolute atomic E-state index is 0.281. The van der Waals surface area contributed by atoms with Crippen molar-refractivity contribution in [2.24, 2.45) is 11.7 Å². The summed E-state index contributed by atoms with van der Waals surface area (Å²) >= 11 is 0. The second-order valence-electron chi connectivity index (χ2n) is 4.84. The van der Waals surface area contributed by atoms with Gasteiger partial charge in [-0.25, -0.2) is 0 Å². The highest BCUT2D eigenvalue weighted by atomic mass is 16.2. The number of nitrogens with two attached hydrogens (primary N) is 1. The molecule has 2 rings (SSSR count). The molecular formula is C13H22N2O. The zero-order valence-electron chi connectivity index (χ0n) is 9.95. The fourth-order valence-corrected chi connectivity index (χ4v) is 2.83. The number of allylic oxidation sites excluding steroid dienone is 2. The van der Waals surface area contributed by atoms with Crippen LogP contribution in [0.1, 0.15) is 44.9 Å². The lowest BCUT2D eigenvalue weighted by Crippen LogP contribution is -2.39. The summed E-state index contributed by atoms with van der Waals surface area (Å²) < 4.78 is 0. The summed E-state index contributed by atoms with van der Waals surface area (Å²) in [5.41, 5.74) is 6.77. The van der Waals surface area contributed by atoms with Gasteiger partial charge in [0.05, 0.1) is 0 Å². The first-order chi connectivity index (χ1) is 7.83. The van der Waals surface area contributed by atoms with E-state index in [0.29, 0.717) is 18.9 Å². The van der Waals surface area contributed by atoms with Gasteiger partial charge in [0.15, 0.2) is 0 Å². The summed E-state index contributed by atoms with van der Waals surface area (Å²) in [6, 6.07) is 0. The summed E-state index contributed by atoms with van der Waals surface area (Å²) in [5.74, 6) is 0.938. The predicted molar refractivity (Wildman–Crippen MR) is 64.7 cm³/mol. The summed E-state index contributed by atoms with van der Waals surface area (Å²) in [6.45, 7) is 1.54. The number of amides is 1. The van der Waals surface area contributed by atoms with E-state index in [1.165, 1.54) is 25.0 Å². The van der Waals surface area contributed by atoms with Gasteiger partial charge >= 0.3 is 0 Å². The van der Waals surface area contributed by atoms with Crippen LogP contribution in [-0.4, -0.2) is 23.9 Å². The lowest BCUT2D eigenvalue weighted by atomic mass is 9.85. The number of hydrogen-bond acceptors (Lipinski definition) is 2. The summed E-state index contributed by atoms with van der Waals surface area (Å²) in [4.78, 5) is 14.1. The molecule has 0 bridgehead atoms. The molecule has 1 unspecified atom stereocenters. The molecule has 1 heterocycles. The Morgan fingerprint density at radius 3 is 3.06 bits per heavy atom. The van der Waals surface area contributed by atoms with Crippen molar-refractivity contribution in [3.63, 3.8) is 0 Å². The fourth-order valence-electron chi connectivity index (χ4n) is 2.83. The Labute approximate surface area is 97.7 Å². The molecule has 0 aromatic heterocycles. The molecule has 1 fully saturated rings. The molecule has 2 aliphatic rings. The molecule has 0 aromatic rings. The molecule has 0 radical (unpaired) electrons. The van der Waals surface area contributed by atoms with Crippen molar-refractivity contribution in [1.82, 2.24) is 4.90 Å². The third kappa shape index (κ3) is 2.46. The second kappa shape index (κ2) is 5.48. The van der Waals surface area contributed by atoms with Gasteiger partial charge in [0.25, 0.3) is 0 Å². The number of hydrogen-bond donors (Lipinski definition) is 1. The van der Waals surface area contributed by atoms with Crippen molar-refractivity contribution in [1.29, 1.82) is 0 Å². The molecule has 1 aliphatic carbocycles. The van der Waals surface area contributed by atoms with Crippen molar-refractivity contribution >= 4 is 5.91 Å². The van der Waals surface area contributed by atoms with Gasteiger partial charge in [-0.15, -0.1) is 0 Å². The predicted octanol–water partition coefficient (Wildman–Crippen LogP) is 2.03. The standard InChI is InChI=1S/C13H22N2O/c14-9-3-8-13(16)15-10-4-6-11-5-1-2-7-12(11)15/h7,11H,1-6,8-10,14H2. The molecule has 16 heavy (non-hydrogen) atoms. The van der Waals surface area contributed by atoms with Crippen molar-refractivity contribution in [3.8, 4) is 0 Å². The van der Waals surface area contributed by atoms with E-state index in [1.807, 2.05) is 4.90 Å². The van der Waals surface area contributed by atoms with E-state index in [9.17, 15) is 4.79 Å². The molecule has 1 aliphatic heterocycles. The Hall–Kier alpha value is -0.830. The minimum atomic E-state index is 0.281. The van der Waals surface area contributed by atoms with Crippen LogP contribution in [0.25, 0.3) is 0 Å². The van der Waals surface area contributed by atoms with E-state index in [2.05, 4.69) is 6.08 Å². The SMILES string of the molecule is NCCCC(=O)N1CCCC2CCCC=C21. The van der Waals surface area contributed by atoms with Gasteiger partial charge in [-0.3, -0.25) is 4.79 Å². The fraction of sp³-hybridized carbons (Fsp3) is 0.769. The first-order valence-electron chi connectivity index (χ1n) is 6.53. The lowest BCUT2D eigenvalue weighted by molar-refractivity contribution is -0.130. The summed E-state index contributed by atoms with van der Waals surface area (Å²) in [7, 11) is 0. The molecular weight excluding hydrogens is 200 g/mol. The highest BCUT2D eigenvalue weighted by Gasteiger charge is 2.29. The van der Waals surface area contributed by atoms with Crippen LogP contribution in [0, 0.1) is 5.92 Å². The van der Waals surface area contributed by atoms with E-state index >= 15 is 0 Å². The van der Waals surface area contributed by atoms with Crippen LogP contribution in [0.5, 0.6) is 0 Å². The van der Waals surface area contributed by atoms with Crippen LogP contribution < -0.4 is 5.73 Å². The maximum Gasteiger partial charge on any atom is 0.226 e. The van der Waals surface area contributed by atoms with E-state index in [0.717, 1.165) is 25.8 Å². The van der Waals surface area contributed by atoms with Crippen molar-refractivity contribution in [2.45, 2.75) is 44.9 Å². The monoisotopic (exact) mass is 222 g/mol. The quantitative estimate of drug-likeness (QED) is 0.794. The van der Waals surface area contributed by atoms with Crippen molar-refractivity contribution < 1.29 is 4.79 Å². The van der Waals surface area contributed by atoms with E-state index in [1.54, 1.807) is 0 Å². The number of carbonyl (C=O) groups is 1. The zero-order chi connectivity index (χ0) is 11.4. The molecule has 1 atom stereocenters. The first kappa shape index (κ1) is 11.6. The van der Waals surface area contributed by atoms with Crippen LogP contribution >= 0.6 is 0 Å². The Bertz CT molecular complexity index is 286. The molecule has 1 saturated heterocycles. The molecule has 0 saturated carbocycles. The number of nitrogens with zero attached hydrogens (tertiary/aromatic N) is 1. The Balaban J connectivity index is 2.02. The maximum atomic E-state index is 12.0. The highest BCUT2D eigenvalue weighted by molar-refractivity contribution is 5.78. The van der Waals surface area contributed by atoms with Gasteiger partial charge < -0.3 is 10.6 Å². The van der Waals surface area contributed by atoms with Crippen LogP contribution in [0.4, 0.5) is 0 Å². The third-order valence-corrected chi connectivity index (χ3v) is 3.67. The number of likely N-dealkylation sites (tertiary alicyclic amines) is 1. The van der Waals surface area contributed by atoms with Crippen LogP contribution in [0.3, 0.4) is 0 Å². The second-order valence-corrected chi connectivity index (χ2v) is 4.84. The molecule has 0 aromatic carbocycles. The number of carbonyl (C=O) groups excluding carboxylic acids is 1. The molecule has 3 nitrogen and oxygen atoms in total. The van der Waals surface area contributed by atoms with E-state index in [-0.39, 0.29) is 5.91 Å². The number of rotatable bonds is 3. The van der Waals surface area contributed by atoms with Crippen LogP contribution in [0.2, 0.25) is 0 Å². The average Bonchev–Trinajstić information content (AvgIpc) is 2.35. The number of piperidine rings is 1. The first-order valence-corrected chi connectivity index (χ1v) is 6.53. The molecule has 1 amide bonds. The zero-order valence-corrected chi connectivity index (χ0v) is 9.95. The Kier molecular flexibility index (Phi) is 3.99. The smallest absolute Gasteiger partial charge is 0.226 e. The van der Waals surface area contributed by atoms with Gasteiger partial charge in [0.1, 0.15) is 0 Å². The summed E-state index contributed by atoms with van der Waals surface area (Å²) in [6.07, 6.45) is 9.85. The maximum absolute atomic E-state index is 12.0. The molecule has 0 spiro atoms. The largest absolute Gasteiger partial charge is 0.330 e. The summed E-state index contributed by atoms with van der Waals surface area (Å²) in [5, 5.41) is 0. The van der Waals surface area contributed by atoms with E-state index < -0.39 is 0 Å². The lowest BCUT2D eigenvalue weighted by Gasteiger charge is -2.38. The topological polar surface area (TPSA) is 46.3 Å². The van der Waals surface area contributed by atoms with Crippen molar-refractivity contribution in [2.75, 3.05) is 13.1 Å². The van der Waals surface area contributed by atoms with Crippen LogP contribution in [0.15, 0.2) is 11.8 Å². The van der Waals surface area contributed by atoms with Gasteiger partial charge in [0.2, 0.25) is 5.91 Å². The van der Waals surface area contributed by atoms with E-state index in [4.69, 9.17) is 5.73 Å². The third-order valence-electron chi connectivity index (χ3n) is 3.67. The normalized spacial score (nSPS) is 24.9.